The molecule has 1 aliphatic heterocycles. The number of carbonyl (C=O) groups is 2. The van der Waals surface area contributed by atoms with Crippen LogP contribution in [0.2, 0.25) is 0 Å². The lowest BCUT2D eigenvalue weighted by Gasteiger charge is -2.34. The average Bonchev–Trinajstić information content (AvgIpc) is 2.63. The van der Waals surface area contributed by atoms with Crippen LogP contribution in [-0.4, -0.2) is 30.1 Å². The number of hydrogen-bond acceptors (Lipinski definition) is 4. The fraction of sp³-hybridized carbons (Fsp3) is 0.222. The highest BCUT2D eigenvalue weighted by atomic mass is 19.1. The maximum atomic E-state index is 13.5. The van der Waals surface area contributed by atoms with Crippen LogP contribution in [0.15, 0.2) is 42.5 Å². The number of ether oxygens (including phenoxy) is 1. The van der Waals surface area contributed by atoms with Crippen LogP contribution in [-0.2, 0) is 15.2 Å². The lowest BCUT2D eigenvalue weighted by atomic mass is 9.88. The smallest absolute Gasteiger partial charge is 0.313 e. The van der Waals surface area contributed by atoms with Crippen molar-refractivity contribution in [2.45, 2.75) is 12.0 Å². The van der Waals surface area contributed by atoms with Crippen LogP contribution in [0.3, 0.4) is 0 Å². The SMILES string of the molecule is O=C(NCC1(O)CCOc2ccccc21)C(=O)Nc1cc(F)ccc1F. The topological polar surface area (TPSA) is 87.7 Å². The van der Waals surface area contributed by atoms with Crippen LogP contribution in [0, 0.1) is 11.6 Å². The van der Waals surface area contributed by atoms with Gasteiger partial charge in [0.15, 0.2) is 0 Å². The number of para-hydroxylation sites is 1. The first kappa shape index (κ1) is 17.8. The lowest BCUT2D eigenvalue weighted by Crippen LogP contribution is -2.46. The molecule has 0 saturated carbocycles. The Bertz CT molecular complexity index is 859. The Morgan fingerprint density at radius 2 is 1.92 bits per heavy atom. The van der Waals surface area contributed by atoms with Gasteiger partial charge in [0.2, 0.25) is 0 Å². The summed E-state index contributed by atoms with van der Waals surface area (Å²) in [5.41, 5.74) is -1.34. The Hall–Kier alpha value is -3.00. The van der Waals surface area contributed by atoms with E-state index < -0.39 is 34.7 Å². The largest absolute Gasteiger partial charge is 0.493 e. The normalized spacial score (nSPS) is 18.4. The van der Waals surface area contributed by atoms with Gasteiger partial charge in [0.25, 0.3) is 0 Å². The minimum atomic E-state index is -1.39. The first-order valence-corrected chi connectivity index (χ1v) is 7.88. The number of fused-ring (bicyclic) bond motifs is 1. The van der Waals surface area contributed by atoms with Crippen molar-refractivity contribution < 1.29 is 28.2 Å². The van der Waals surface area contributed by atoms with Crippen molar-refractivity contribution in [3.8, 4) is 5.75 Å². The second kappa shape index (κ2) is 7.09. The molecular weight excluding hydrogens is 346 g/mol. The lowest BCUT2D eigenvalue weighted by molar-refractivity contribution is -0.137. The van der Waals surface area contributed by atoms with Gasteiger partial charge in [-0.05, 0) is 18.2 Å². The van der Waals surface area contributed by atoms with Gasteiger partial charge < -0.3 is 20.5 Å². The number of amides is 2. The van der Waals surface area contributed by atoms with E-state index in [0.717, 1.165) is 18.2 Å². The summed E-state index contributed by atoms with van der Waals surface area (Å²) < 4.78 is 32.1. The zero-order chi connectivity index (χ0) is 18.7. The molecule has 8 heteroatoms. The highest BCUT2D eigenvalue weighted by Gasteiger charge is 2.36. The minimum absolute atomic E-state index is 0.227. The summed E-state index contributed by atoms with van der Waals surface area (Å²) in [7, 11) is 0. The van der Waals surface area contributed by atoms with Crippen LogP contribution in [0.1, 0.15) is 12.0 Å². The third-order valence-corrected chi connectivity index (χ3v) is 4.09. The summed E-state index contributed by atoms with van der Waals surface area (Å²) in [6, 6.07) is 9.34. The first-order valence-electron chi connectivity index (χ1n) is 7.88. The molecule has 0 aliphatic carbocycles. The molecule has 0 saturated heterocycles. The highest BCUT2D eigenvalue weighted by molar-refractivity contribution is 6.39. The van der Waals surface area contributed by atoms with Crippen molar-refractivity contribution >= 4 is 17.5 Å². The molecule has 2 aromatic carbocycles. The Labute approximate surface area is 147 Å². The fourth-order valence-corrected chi connectivity index (χ4v) is 2.70. The predicted octanol–water partition coefficient (Wildman–Crippen LogP) is 1.69. The van der Waals surface area contributed by atoms with Crippen LogP contribution >= 0.6 is 0 Å². The average molecular weight is 362 g/mol. The molecule has 0 aromatic heterocycles. The Morgan fingerprint density at radius 3 is 2.73 bits per heavy atom. The molecule has 2 aromatic rings. The van der Waals surface area contributed by atoms with E-state index in [1.165, 1.54) is 0 Å². The maximum Gasteiger partial charge on any atom is 0.313 e. The number of anilines is 1. The van der Waals surface area contributed by atoms with Gasteiger partial charge in [0.05, 0.1) is 18.8 Å². The summed E-state index contributed by atoms with van der Waals surface area (Å²) in [5.74, 6) is -3.37. The molecule has 6 nitrogen and oxygen atoms in total. The first-order chi connectivity index (χ1) is 12.4. The van der Waals surface area contributed by atoms with Gasteiger partial charge in [-0.15, -0.1) is 0 Å². The second-order valence-corrected chi connectivity index (χ2v) is 5.89. The molecule has 136 valence electrons. The second-order valence-electron chi connectivity index (χ2n) is 5.89. The molecule has 3 N–H and O–H groups in total. The van der Waals surface area contributed by atoms with Crippen molar-refractivity contribution in [3.05, 3.63) is 59.7 Å². The maximum absolute atomic E-state index is 13.5. The van der Waals surface area contributed by atoms with Crippen LogP contribution in [0.4, 0.5) is 14.5 Å². The minimum Gasteiger partial charge on any atom is -0.493 e. The molecule has 0 fully saturated rings. The summed E-state index contributed by atoms with van der Waals surface area (Å²) in [4.78, 5) is 23.8. The molecule has 1 atom stereocenters. The number of hydrogen-bond donors (Lipinski definition) is 3. The van der Waals surface area contributed by atoms with Crippen LogP contribution < -0.4 is 15.4 Å². The summed E-state index contributed by atoms with van der Waals surface area (Å²) in [6.07, 6.45) is 0.227. The molecule has 1 aliphatic rings. The zero-order valence-electron chi connectivity index (χ0n) is 13.6. The summed E-state index contributed by atoms with van der Waals surface area (Å²) >= 11 is 0. The van der Waals surface area contributed by atoms with Crippen LogP contribution in [0.25, 0.3) is 0 Å². The quantitative estimate of drug-likeness (QED) is 0.725. The molecule has 1 heterocycles. The van der Waals surface area contributed by atoms with Gasteiger partial charge >= 0.3 is 11.8 Å². The van der Waals surface area contributed by atoms with E-state index in [-0.39, 0.29) is 19.6 Å². The number of nitrogens with one attached hydrogen (secondary N) is 2. The number of halogens is 2. The van der Waals surface area contributed by atoms with Crippen LogP contribution in [0.5, 0.6) is 5.75 Å². The van der Waals surface area contributed by atoms with E-state index in [1.807, 2.05) is 5.32 Å². The van der Waals surface area contributed by atoms with Gasteiger partial charge in [-0.2, -0.15) is 0 Å². The van der Waals surface area contributed by atoms with Gasteiger partial charge in [-0.25, -0.2) is 8.78 Å². The van der Waals surface area contributed by atoms with Crippen molar-refractivity contribution in [1.29, 1.82) is 0 Å². The number of aliphatic hydroxyl groups is 1. The summed E-state index contributed by atoms with van der Waals surface area (Å²) in [6.45, 7) is 0.0232. The molecule has 1 unspecified atom stereocenters. The Morgan fingerprint density at radius 1 is 1.15 bits per heavy atom. The monoisotopic (exact) mass is 362 g/mol. The molecule has 0 bridgehead atoms. The van der Waals surface area contributed by atoms with E-state index >= 15 is 0 Å². The van der Waals surface area contributed by atoms with E-state index in [0.29, 0.717) is 11.3 Å². The van der Waals surface area contributed by atoms with Gasteiger partial charge in [-0.3, -0.25) is 9.59 Å². The van der Waals surface area contributed by atoms with Crippen molar-refractivity contribution in [2.75, 3.05) is 18.5 Å². The standard InChI is InChI=1S/C18H16F2N2O4/c19-11-5-6-13(20)14(9-11)22-17(24)16(23)21-10-18(25)7-8-26-15-4-2-1-3-12(15)18/h1-6,9,25H,7-8,10H2,(H,21,23)(H,22,24). The van der Waals surface area contributed by atoms with E-state index in [2.05, 4.69) is 5.32 Å². The van der Waals surface area contributed by atoms with Gasteiger partial charge in [0.1, 0.15) is 23.0 Å². The fourth-order valence-electron chi connectivity index (χ4n) is 2.70. The zero-order valence-corrected chi connectivity index (χ0v) is 13.6. The molecular formula is C18H16F2N2O4. The predicted molar refractivity (Wildman–Crippen MR) is 88.4 cm³/mol. The van der Waals surface area contributed by atoms with Crippen molar-refractivity contribution in [1.82, 2.24) is 5.32 Å². The molecule has 0 radical (unpaired) electrons. The molecule has 0 spiro atoms. The van der Waals surface area contributed by atoms with Crippen molar-refractivity contribution in [2.24, 2.45) is 0 Å². The van der Waals surface area contributed by atoms with Gasteiger partial charge in [-0.1, -0.05) is 18.2 Å². The van der Waals surface area contributed by atoms with Crippen molar-refractivity contribution in [3.63, 3.8) is 0 Å². The van der Waals surface area contributed by atoms with Gasteiger partial charge in [0, 0.05) is 18.1 Å². The molecule has 3 rings (SSSR count). The van der Waals surface area contributed by atoms with E-state index in [9.17, 15) is 23.5 Å². The highest BCUT2D eigenvalue weighted by Crippen LogP contribution is 2.36. The summed E-state index contributed by atoms with van der Waals surface area (Å²) in [5, 5.41) is 15.1. The third kappa shape index (κ3) is 3.65. The number of carbonyl (C=O) groups excluding carboxylic acids is 2. The Balaban J connectivity index is 1.65. The number of benzene rings is 2. The Kier molecular flexibility index (Phi) is 4.85. The molecule has 2 amide bonds. The molecule has 26 heavy (non-hydrogen) atoms. The number of rotatable bonds is 3. The van der Waals surface area contributed by atoms with E-state index in [4.69, 9.17) is 4.74 Å². The van der Waals surface area contributed by atoms with E-state index in [1.54, 1.807) is 24.3 Å². The third-order valence-electron chi connectivity index (χ3n) is 4.09.